The number of alkyl halides is 3. The van der Waals surface area contributed by atoms with E-state index < -0.39 is 22.0 Å². The van der Waals surface area contributed by atoms with Crippen LogP contribution in [0.3, 0.4) is 0 Å². The molecule has 0 radical (unpaired) electrons. The van der Waals surface area contributed by atoms with Crippen molar-refractivity contribution in [2.45, 2.75) is 49.9 Å². The van der Waals surface area contributed by atoms with Crippen LogP contribution in [0.15, 0.2) is 24.3 Å². The Labute approximate surface area is 145 Å². The molecule has 0 saturated heterocycles. The monoisotopic (exact) mass is 378 g/mol. The Morgan fingerprint density at radius 3 is 2.52 bits per heavy atom. The average molecular weight is 378 g/mol. The highest BCUT2D eigenvalue weighted by molar-refractivity contribution is 7.87. The second-order valence-corrected chi connectivity index (χ2v) is 8.60. The number of nitrogens with one attached hydrogen (secondary N) is 1. The smallest absolute Gasteiger partial charge is 0.406 e. The van der Waals surface area contributed by atoms with Crippen molar-refractivity contribution in [3.05, 3.63) is 29.8 Å². The molecule has 2 aliphatic rings. The fourth-order valence-corrected chi connectivity index (χ4v) is 4.43. The van der Waals surface area contributed by atoms with Crippen molar-refractivity contribution in [3.63, 3.8) is 0 Å². The Hall–Kier alpha value is -1.32. The van der Waals surface area contributed by atoms with Crippen molar-refractivity contribution in [1.82, 2.24) is 9.03 Å². The number of hydrogen-bond acceptors (Lipinski definition) is 3. The molecule has 140 valence electrons. The number of halogens is 3. The maximum atomic E-state index is 12.4. The average Bonchev–Trinajstić information content (AvgIpc) is 3.28. The van der Waals surface area contributed by atoms with Gasteiger partial charge in [0.2, 0.25) is 0 Å². The van der Waals surface area contributed by atoms with Gasteiger partial charge in [-0.25, -0.2) is 4.72 Å². The summed E-state index contributed by atoms with van der Waals surface area (Å²) in [5.41, 5.74) is 0.180. The second kappa shape index (κ2) is 6.44. The minimum absolute atomic E-state index is 0.0540. The van der Waals surface area contributed by atoms with Crippen LogP contribution in [0.4, 0.5) is 13.2 Å². The lowest BCUT2D eigenvalue weighted by Gasteiger charge is -2.43. The zero-order valence-corrected chi connectivity index (χ0v) is 14.7. The molecule has 2 saturated carbocycles. The Bertz CT molecular complexity index is 728. The van der Waals surface area contributed by atoms with E-state index in [1.165, 1.54) is 22.5 Å². The zero-order valence-electron chi connectivity index (χ0n) is 13.8. The zero-order chi connectivity index (χ0) is 18.3. The van der Waals surface area contributed by atoms with Crippen LogP contribution in [0, 0.1) is 0 Å². The van der Waals surface area contributed by atoms with Gasteiger partial charge >= 0.3 is 6.36 Å². The number of benzene rings is 1. The molecule has 0 atom stereocenters. The molecule has 0 heterocycles. The number of hydrogen-bond donors (Lipinski definition) is 1. The molecular weight excluding hydrogens is 357 g/mol. The first kappa shape index (κ1) is 18.5. The van der Waals surface area contributed by atoms with Gasteiger partial charge in [0.1, 0.15) is 5.75 Å². The predicted octanol–water partition coefficient (Wildman–Crippen LogP) is 2.94. The standard InChI is InChI=1S/C16H21F3N2O3S/c1-21(13-6-7-13)25(22,23)20-11-15(8-3-9-15)12-4-2-5-14(10-12)24-16(17,18)19/h2,4-5,10,13,20H,3,6-9,11H2,1H3. The molecular formula is C16H21F3N2O3S. The van der Waals surface area contributed by atoms with Crippen molar-refractivity contribution < 1.29 is 26.3 Å². The molecule has 0 spiro atoms. The van der Waals surface area contributed by atoms with Crippen LogP contribution in [0.2, 0.25) is 0 Å². The van der Waals surface area contributed by atoms with Gasteiger partial charge < -0.3 is 4.74 Å². The van der Waals surface area contributed by atoms with Crippen molar-refractivity contribution in [2.24, 2.45) is 0 Å². The van der Waals surface area contributed by atoms with Crippen LogP contribution in [0.5, 0.6) is 5.75 Å². The van der Waals surface area contributed by atoms with Gasteiger partial charge in [-0.1, -0.05) is 18.6 Å². The highest BCUT2D eigenvalue weighted by Gasteiger charge is 2.42. The molecule has 0 bridgehead atoms. The molecule has 25 heavy (non-hydrogen) atoms. The van der Waals surface area contributed by atoms with Gasteiger partial charge in [0, 0.05) is 25.0 Å². The largest absolute Gasteiger partial charge is 0.573 e. The first-order chi connectivity index (χ1) is 11.6. The fraction of sp³-hybridized carbons (Fsp3) is 0.625. The third-order valence-electron chi connectivity index (χ3n) is 5.02. The molecule has 1 aromatic rings. The van der Waals surface area contributed by atoms with Crippen LogP contribution < -0.4 is 9.46 Å². The minimum Gasteiger partial charge on any atom is -0.406 e. The molecule has 9 heteroatoms. The van der Waals surface area contributed by atoms with E-state index in [1.54, 1.807) is 13.1 Å². The number of ether oxygens (including phenoxy) is 1. The third kappa shape index (κ3) is 4.27. The van der Waals surface area contributed by atoms with Crippen LogP contribution in [-0.4, -0.2) is 38.7 Å². The summed E-state index contributed by atoms with van der Waals surface area (Å²) < 4.78 is 69.9. The van der Waals surface area contributed by atoms with Crippen LogP contribution >= 0.6 is 0 Å². The lowest BCUT2D eigenvalue weighted by atomic mass is 9.64. The second-order valence-electron chi connectivity index (χ2n) is 6.78. The van der Waals surface area contributed by atoms with Crippen molar-refractivity contribution in [2.75, 3.05) is 13.6 Å². The van der Waals surface area contributed by atoms with Gasteiger partial charge in [-0.2, -0.15) is 12.7 Å². The van der Waals surface area contributed by atoms with E-state index in [-0.39, 0.29) is 18.3 Å². The van der Waals surface area contributed by atoms with Crippen molar-refractivity contribution in [1.29, 1.82) is 0 Å². The highest BCUT2D eigenvalue weighted by Crippen LogP contribution is 2.44. The molecule has 5 nitrogen and oxygen atoms in total. The van der Waals surface area contributed by atoms with Gasteiger partial charge in [0.15, 0.2) is 0 Å². The van der Waals surface area contributed by atoms with E-state index in [4.69, 9.17) is 0 Å². The molecule has 0 aliphatic heterocycles. The van der Waals surface area contributed by atoms with Gasteiger partial charge in [0.05, 0.1) is 0 Å². The highest BCUT2D eigenvalue weighted by atomic mass is 32.2. The summed E-state index contributed by atoms with van der Waals surface area (Å²) in [5.74, 6) is -0.283. The van der Waals surface area contributed by atoms with Gasteiger partial charge in [-0.3, -0.25) is 0 Å². The molecule has 1 N–H and O–H groups in total. The van der Waals surface area contributed by atoms with E-state index in [1.807, 2.05) is 0 Å². The summed E-state index contributed by atoms with van der Waals surface area (Å²) in [6.07, 6.45) is -0.681. The van der Waals surface area contributed by atoms with Crippen molar-refractivity contribution >= 4 is 10.2 Å². The summed E-state index contributed by atoms with van der Waals surface area (Å²) >= 11 is 0. The van der Waals surface area contributed by atoms with Gasteiger partial charge in [-0.15, -0.1) is 13.2 Å². The molecule has 0 aromatic heterocycles. The van der Waals surface area contributed by atoms with Gasteiger partial charge in [-0.05, 0) is 43.4 Å². The fourth-order valence-electron chi connectivity index (χ4n) is 3.16. The molecule has 0 amide bonds. The molecule has 3 rings (SSSR count). The number of nitrogens with zero attached hydrogens (tertiary/aromatic N) is 1. The number of rotatable bonds is 7. The SMILES string of the molecule is CN(C1CC1)S(=O)(=O)NCC1(c2cccc(OC(F)(F)F)c2)CCC1. The van der Waals surface area contributed by atoms with Crippen LogP contribution in [0.1, 0.15) is 37.7 Å². The maximum Gasteiger partial charge on any atom is 0.573 e. The van der Waals surface area contributed by atoms with E-state index in [2.05, 4.69) is 9.46 Å². The molecule has 2 aliphatic carbocycles. The topological polar surface area (TPSA) is 58.6 Å². The normalized spacial score (nSPS) is 20.4. The van der Waals surface area contributed by atoms with Gasteiger partial charge in [0.25, 0.3) is 10.2 Å². The lowest BCUT2D eigenvalue weighted by molar-refractivity contribution is -0.274. The van der Waals surface area contributed by atoms with E-state index in [9.17, 15) is 21.6 Å². The summed E-state index contributed by atoms with van der Waals surface area (Å²) in [7, 11) is -2.03. The van der Waals surface area contributed by atoms with Crippen LogP contribution in [0.25, 0.3) is 0 Å². The Kier molecular flexibility index (Phi) is 4.76. The first-order valence-corrected chi connectivity index (χ1v) is 9.64. The predicted molar refractivity (Wildman–Crippen MR) is 86.4 cm³/mol. The first-order valence-electron chi connectivity index (χ1n) is 8.20. The summed E-state index contributed by atoms with van der Waals surface area (Å²) in [5, 5.41) is 0. The van der Waals surface area contributed by atoms with E-state index in [0.717, 1.165) is 32.1 Å². The Morgan fingerprint density at radius 1 is 1.32 bits per heavy atom. The third-order valence-corrected chi connectivity index (χ3v) is 6.59. The summed E-state index contributed by atoms with van der Waals surface area (Å²) in [6.45, 7) is 0.169. The summed E-state index contributed by atoms with van der Waals surface area (Å²) in [6, 6.07) is 5.88. The Morgan fingerprint density at radius 2 is 2.00 bits per heavy atom. The molecule has 1 aromatic carbocycles. The maximum absolute atomic E-state index is 12.4. The minimum atomic E-state index is -4.75. The molecule has 0 unspecified atom stereocenters. The van der Waals surface area contributed by atoms with E-state index in [0.29, 0.717) is 5.56 Å². The lowest BCUT2D eigenvalue weighted by Crippen LogP contribution is -2.49. The summed E-state index contributed by atoms with van der Waals surface area (Å²) in [4.78, 5) is 0. The van der Waals surface area contributed by atoms with Crippen molar-refractivity contribution in [3.8, 4) is 5.75 Å². The van der Waals surface area contributed by atoms with E-state index >= 15 is 0 Å². The molecule has 2 fully saturated rings. The Balaban J connectivity index is 1.73. The quantitative estimate of drug-likeness (QED) is 0.794. The van der Waals surface area contributed by atoms with Crippen LogP contribution in [-0.2, 0) is 15.6 Å².